The SMILES string of the molecule is CC1CCCC(Nc2ccc(N)c3ncccc23)CC1. The van der Waals surface area contributed by atoms with Crippen LogP contribution in [0.4, 0.5) is 11.4 Å². The molecule has 2 atom stereocenters. The third-order valence-electron chi connectivity index (χ3n) is 4.42. The maximum atomic E-state index is 6.01. The molecule has 0 saturated heterocycles. The van der Waals surface area contributed by atoms with Gasteiger partial charge in [0.25, 0.3) is 0 Å². The van der Waals surface area contributed by atoms with Crippen LogP contribution in [-0.2, 0) is 0 Å². The van der Waals surface area contributed by atoms with Crippen LogP contribution < -0.4 is 11.1 Å². The number of anilines is 2. The van der Waals surface area contributed by atoms with Gasteiger partial charge < -0.3 is 11.1 Å². The van der Waals surface area contributed by atoms with Crippen LogP contribution in [0.1, 0.15) is 39.0 Å². The average Bonchev–Trinajstić information content (AvgIpc) is 2.67. The minimum Gasteiger partial charge on any atom is -0.397 e. The summed E-state index contributed by atoms with van der Waals surface area (Å²) in [5, 5.41) is 4.85. The molecule has 3 rings (SSSR count). The van der Waals surface area contributed by atoms with Crippen LogP contribution >= 0.6 is 0 Å². The fraction of sp³-hybridized carbons (Fsp3) is 0.471. The summed E-state index contributed by atoms with van der Waals surface area (Å²) in [6.45, 7) is 2.37. The van der Waals surface area contributed by atoms with E-state index in [0.29, 0.717) is 6.04 Å². The van der Waals surface area contributed by atoms with E-state index < -0.39 is 0 Å². The molecule has 1 aromatic carbocycles. The van der Waals surface area contributed by atoms with Crippen molar-refractivity contribution in [2.24, 2.45) is 5.92 Å². The highest BCUT2D eigenvalue weighted by Crippen LogP contribution is 2.30. The van der Waals surface area contributed by atoms with E-state index in [-0.39, 0.29) is 0 Å². The van der Waals surface area contributed by atoms with E-state index in [1.165, 1.54) is 37.8 Å². The minimum atomic E-state index is 0.576. The van der Waals surface area contributed by atoms with Crippen molar-refractivity contribution in [2.45, 2.75) is 45.1 Å². The van der Waals surface area contributed by atoms with Gasteiger partial charge in [-0.25, -0.2) is 0 Å². The summed E-state index contributed by atoms with van der Waals surface area (Å²) in [7, 11) is 0. The van der Waals surface area contributed by atoms with E-state index >= 15 is 0 Å². The van der Waals surface area contributed by atoms with Crippen molar-refractivity contribution >= 4 is 22.3 Å². The molecule has 20 heavy (non-hydrogen) atoms. The summed E-state index contributed by atoms with van der Waals surface area (Å²) in [5.41, 5.74) is 8.83. The zero-order valence-electron chi connectivity index (χ0n) is 12.1. The van der Waals surface area contributed by atoms with Gasteiger partial charge in [-0.2, -0.15) is 0 Å². The predicted molar refractivity (Wildman–Crippen MR) is 85.8 cm³/mol. The number of aromatic nitrogens is 1. The molecule has 2 aromatic rings. The Labute approximate surface area is 120 Å². The van der Waals surface area contributed by atoms with E-state index in [4.69, 9.17) is 5.73 Å². The first kappa shape index (κ1) is 13.2. The standard InChI is InChI=1S/C17H23N3/c1-12-4-2-5-13(8-7-12)20-16-10-9-15(18)17-14(16)6-3-11-19-17/h3,6,9-13,20H,2,4-5,7-8,18H2,1H3. The Morgan fingerprint density at radius 2 is 2.05 bits per heavy atom. The van der Waals surface area contributed by atoms with Crippen molar-refractivity contribution in [3.8, 4) is 0 Å². The number of pyridine rings is 1. The molecule has 1 aliphatic carbocycles. The summed E-state index contributed by atoms with van der Waals surface area (Å²) in [6.07, 6.45) is 8.33. The quantitative estimate of drug-likeness (QED) is 0.634. The number of nitrogens with zero attached hydrogens (tertiary/aromatic N) is 1. The van der Waals surface area contributed by atoms with Gasteiger partial charge >= 0.3 is 0 Å². The van der Waals surface area contributed by atoms with Crippen LogP contribution in [0.3, 0.4) is 0 Å². The molecule has 0 amide bonds. The normalized spacial score (nSPS) is 23.4. The molecule has 1 fully saturated rings. The second kappa shape index (κ2) is 5.70. The molecule has 1 saturated carbocycles. The molecule has 3 N–H and O–H groups in total. The topological polar surface area (TPSA) is 50.9 Å². The van der Waals surface area contributed by atoms with E-state index in [0.717, 1.165) is 22.5 Å². The smallest absolute Gasteiger partial charge is 0.0951 e. The van der Waals surface area contributed by atoms with Crippen molar-refractivity contribution in [3.63, 3.8) is 0 Å². The third kappa shape index (κ3) is 2.72. The summed E-state index contributed by atoms with van der Waals surface area (Å²) < 4.78 is 0. The Balaban J connectivity index is 1.85. The molecule has 3 heteroatoms. The zero-order chi connectivity index (χ0) is 13.9. The van der Waals surface area contributed by atoms with Crippen LogP contribution in [0.2, 0.25) is 0 Å². The molecule has 3 nitrogen and oxygen atoms in total. The van der Waals surface area contributed by atoms with Gasteiger partial charge in [-0.3, -0.25) is 4.98 Å². The Morgan fingerprint density at radius 1 is 1.15 bits per heavy atom. The van der Waals surface area contributed by atoms with Gasteiger partial charge in [-0.05, 0) is 49.4 Å². The van der Waals surface area contributed by atoms with Crippen LogP contribution in [0.25, 0.3) is 10.9 Å². The molecular weight excluding hydrogens is 246 g/mol. The fourth-order valence-corrected chi connectivity index (χ4v) is 3.17. The first-order valence-corrected chi connectivity index (χ1v) is 7.64. The van der Waals surface area contributed by atoms with Gasteiger partial charge in [-0.1, -0.05) is 19.8 Å². The van der Waals surface area contributed by atoms with E-state index in [1.807, 2.05) is 12.1 Å². The molecular formula is C17H23N3. The zero-order valence-corrected chi connectivity index (χ0v) is 12.1. The summed E-state index contributed by atoms with van der Waals surface area (Å²) in [6, 6.07) is 8.69. The third-order valence-corrected chi connectivity index (χ3v) is 4.42. The Bertz CT molecular complexity index is 594. The molecule has 0 aliphatic heterocycles. The molecule has 106 valence electrons. The predicted octanol–water partition coefficient (Wildman–Crippen LogP) is 4.20. The lowest BCUT2D eigenvalue weighted by molar-refractivity contribution is 0.502. The number of nitrogen functional groups attached to an aromatic ring is 1. The number of nitrogens with two attached hydrogens (primary N) is 1. The molecule has 2 unspecified atom stereocenters. The molecule has 1 heterocycles. The number of hydrogen-bond donors (Lipinski definition) is 2. The highest BCUT2D eigenvalue weighted by Gasteiger charge is 2.17. The van der Waals surface area contributed by atoms with E-state index in [2.05, 4.69) is 29.4 Å². The number of fused-ring (bicyclic) bond motifs is 1. The summed E-state index contributed by atoms with van der Waals surface area (Å²) in [5.74, 6) is 0.867. The average molecular weight is 269 g/mol. The van der Waals surface area contributed by atoms with E-state index in [1.54, 1.807) is 6.20 Å². The van der Waals surface area contributed by atoms with Crippen molar-refractivity contribution in [1.82, 2.24) is 4.98 Å². The van der Waals surface area contributed by atoms with Gasteiger partial charge in [-0.15, -0.1) is 0 Å². The molecule has 0 bridgehead atoms. The van der Waals surface area contributed by atoms with Crippen LogP contribution in [-0.4, -0.2) is 11.0 Å². The number of nitrogens with one attached hydrogen (secondary N) is 1. The highest BCUT2D eigenvalue weighted by atomic mass is 14.9. The Kier molecular flexibility index (Phi) is 3.77. The fourth-order valence-electron chi connectivity index (χ4n) is 3.17. The van der Waals surface area contributed by atoms with Gasteiger partial charge in [0.05, 0.1) is 11.2 Å². The summed E-state index contributed by atoms with van der Waals surface area (Å²) >= 11 is 0. The second-order valence-corrected chi connectivity index (χ2v) is 6.06. The monoisotopic (exact) mass is 269 g/mol. The highest BCUT2D eigenvalue weighted by molar-refractivity contribution is 5.98. The molecule has 0 radical (unpaired) electrons. The van der Waals surface area contributed by atoms with E-state index in [9.17, 15) is 0 Å². The van der Waals surface area contributed by atoms with Gasteiger partial charge in [0.1, 0.15) is 0 Å². The maximum Gasteiger partial charge on any atom is 0.0951 e. The van der Waals surface area contributed by atoms with Crippen molar-refractivity contribution in [1.29, 1.82) is 0 Å². The number of benzene rings is 1. The van der Waals surface area contributed by atoms with Crippen LogP contribution in [0.5, 0.6) is 0 Å². The van der Waals surface area contributed by atoms with Crippen molar-refractivity contribution in [2.75, 3.05) is 11.1 Å². The van der Waals surface area contributed by atoms with Gasteiger partial charge in [0, 0.05) is 23.3 Å². The minimum absolute atomic E-state index is 0.576. The lowest BCUT2D eigenvalue weighted by atomic mass is 10.0. The number of rotatable bonds is 2. The van der Waals surface area contributed by atoms with Crippen LogP contribution in [0.15, 0.2) is 30.5 Å². The maximum absolute atomic E-state index is 6.01. The largest absolute Gasteiger partial charge is 0.397 e. The molecule has 0 spiro atoms. The van der Waals surface area contributed by atoms with Gasteiger partial charge in [0.2, 0.25) is 0 Å². The molecule has 1 aliphatic rings. The van der Waals surface area contributed by atoms with Gasteiger partial charge in [0.15, 0.2) is 0 Å². The number of hydrogen-bond acceptors (Lipinski definition) is 3. The Hall–Kier alpha value is -1.77. The van der Waals surface area contributed by atoms with Crippen LogP contribution in [0, 0.1) is 5.92 Å². The first-order chi connectivity index (χ1) is 9.74. The second-order valence-electron chi connectivity index (χ2n) is 6.06. The Morgan fingerprint density at radius 3 is 2.95 bits per heavy atom. The van der Waals surface area contributed by atoms with Crippen molar-refractivity contribution in [3.05, 3.63) is 30.5 Å². The first-order valence-electron chi connectivity index (χ1n) is 7.64. The summed E-state index contributed by atoms with van der Waals surface area (Å²) in [4.78, 5) is 4.40. The lowest BCUT2D eigenvalue weighted by Gasteiger charge is -2.19. The molecule has 1 aromatic heterocycles. The lowest BCUT2D eigenvalue weighted by Crippen LogP contribution is -2.18. The van der Waals surface area contributed by atoms with Crippen molar-refractivity contribution < 1.29 is 0 Å².